The van der Waals surface area contributed by atoms with E-state index in [2.05, 4.69) is 4.99 Å². The molecule has 1 aromatic rings. The molecule has 0 fully saturated rings. The van der Waals surface area contributed by atoms with Gasteiger partial charge in [0, 0.05) is 5.56 Å². The number of carbonyl (C=O) groups is 1. The number of aliphatic imine (C=N–C) groups is 1. The standard InChI is InChI=1S/C15H5F13N2OS/c16-7(13(20,21)22)8-11(14(23,24)25,15(26,27)28)30-10(32-8)29-9(31)5-1-3-6(4-2-5)12(17,18)19/h1-4H,(H,29,30,31). The Morgan fingerprint density at radius 2 is 1.31 bits per heavy atom. The molecule has 1 amide bonds. The molecule has 0 saturated heterocycles. The number of nitrogens with one attached hydrogen (secondary N) is 1. The van der Waals surface area contributed by atoms with Gasteiger partial charge in [0.05, 0.1) is 10.5 Å². The Labute approximate surface area is 172 Å². The highest BCUT2D eigenvalue weighted by Crippen LogP contribution is 2.59. The number of halogens is 13. The van der Waals surface area contributed by atoms with Crippen LogP contribution in [0.5, 0.6) is 0 Å². The van der Waals surface area contributed by atoms with Gasteiger partial charge in [0.15, 0.2) is 5.17 Å². The quantitative estimate of drug-likeness (QED) is 0.463. The second-order valence-corrected chi connectivity index (χ2v) is 6.89. The first-order valence-corrected chi connectivity index (χ1v) is 8.40. The van der Waals surface area contributed by atoms with Crippen molar-refractivity contribution < 1.29 is 61.9 Å². The molecule has 0 saturated carbocycles. The number of allylic oxidation sites excluding steroid dienone is 1. The normalized spacial score (nSPS) is 19.0. The zero-order chi connectivity index (χ0) is 24.9. The molecule has 0 radical (unpaired) electrons. The van der Waals surface area contributed by atoms with Crippen LogP contribution in [0, 0.1) is 0 Å². The number of rotatable bonds is 1. The second-order valence-electron chi connectivity index (χ2n) is 5.90. The molecule has 178 valence electrons. The number of nitrogens with zero attached hydrogens (tertiary/aromatic N) is 1. The summed E-state index contributed by atoms with van der Waals surface area (Å²) in [7, 11) is 0. The van der Waals surface area contributed by atoms with E-state index in [1.165, 1.54) is 5.32 Å². The fraction of sp³-hybridized carbons (Fsp3) is 0.333. The first kappa shape index (κ1) is 25.8. The predicted molar refractivity (Wildman–Crippen MR) is 83.0 cm³/mol. The monoisotopic (exact) mass is 508 g/mol. The number of thioether (sulfide) groups is 1. The first-order chi connectivity index (χ1) is 14.2. The van der Waals surface area contributed by atoms with Crippen LogP contribution in [-0.2, 0) is 6.18 Å². The lowest BCUT2D eigenvalue weighted by Crippen LogP contribution is -2.55. The van der Waals surface area contributed by atoms with Crippen molar-refractivity contribution >= 4 is 22.8 Å². The summed E-state index contributed by atoms with van der Waals surface area (Å²) >= 11 is -1.08. The van der Waals surface area contributed by atoms with E-state index in [1.807, 2.05) is 0 Å². The van der Waals surface area contributed by atoms with Crippen molar-refractivity contribution in [2.24, 2.45) is 4.99 Å². The van der Waals surface area contributed by atoms with Gasteiger partial charge in [0.25, 0.3) is 11.4 Å². The van der Waals surface area contributed by atoms with E-state index in [9.17, 15) is 61.9 Å². The fourth-order valence-corrected chi connectivity index (χ4v) is 3.46. The molecule has 0 aliphatic carbocycles. The van der Waals surface area contributed by atoms with E-state index in [-0.39, 0.29) is 0 Å². The molecular formula is C15H5F13N2OS. The summed E-state index contributed by atoms with van der Waals surface area (Å²) in [6.45, 7) is 0. The van der Waals surface area contributed by atoms with Crippen molar-refractivity contribution in [3.8, 4) is 0 Å². The Bertz CT molecular complexity index is 938. The molecule has 0 unspecified atom stereocenters. The summed E-state index contributed by atoms with van der Waals surface area (Å²) in [6, 6.07) is 1.68. The summed E-state index contributed by atoms with van der Waals surface area (Å²) in [5.74, 6) is -5.35. The van der Waals surface area contributed by atoms with Gasteiger partial charge >= 0.3 is 24.7 Å². The van der Waals surface area contributed by atoms with Crippen LogP contribution >= 0.6 is 11.8 Å². The minimum Gasteiger partial charge on any atom is -0.301 e. The third kappa shape index (κ3) is 4.66. The maximum atomic E-state index is 13.6. The van der Waals surface area contributed by atoms with E-state index < -0.39 is 74.9 Å². The number of carbonyl (C=O) groups excluding carboxylic acids is 1. The van der Waals surface area contributed by atoms with Crippen LogP contribution in [0.2, 0.25) is 0 Å². The van der Waals surface area contributed by atoms with Crippen molar-refractivity contribution in [1.82, 2.24) is 5.32 Å². The number of benzene rings is 1. The minimum atomic E-state index is -6.61. The van der Waals surface area contributed by atoms with Crippen molar-refractivity contribution in [1.29, 1.82) is 0 Å². The third-order valence-corrected chi connectivity index (χ3v) is 4.83. The van der Waals surface area contributed by atoms with Gasteiger partial charge in [-0.1, -0.05) is 11.8 Å². The summed E-state index contributed by atoms with van der Waals surface area (Å²) in [5.41, 5.74) is -7.65. The number of amidine groups is 1. The van der Waals surface area contributed by atoms with Gasteiger partial charge in [0.1, 0.15) is 0 Å². The van der Waals surface area contributed by atoms with Gasteiger partial charge in [-0.15, -0.1) is 0 Å². The van der Waals surface area contributed by atoms with Crippen LogP contribution in [0.4, 0.5) is 57.1 Å². The Balaban J connectivity index is 2.53. The zero-order valence-electron chi connectivity index (χ0n) is 14.5. The Morgan fingerprint density at radius 3 is 1.69 bits per heavy atom. The SMILES string of the molecule is O=C(NC1=NC(C(F)(F)F)(C(F)(F)F)C(=C(F)C(F)(F)F)S1)c1ccc(C(F)(F)F)cc1. The Kier molecular flexibility index (Phi) is 6.32. The summed E-state index contributed by atoms with van der Waals surface area (Å²) in [5, 5.41) is -0.396. The lowest BCUT2D eigenvalue weighted by molar-refractivity contribution is -0.280. The maximum absolute atomic E-state index is 13.6. The average molecular weight is 508 g/mol. The molecule has 0 bridgehead atoms. The van der Waals surface area contributed by atoms with Crippen molar-refractivity contribution in [2.45, 2.75) is 30.2 Å². The number of hydrogen-bond donors (Lipinski definition) is 1. The van der Waals surface area contributed by atoms with Crippen LogP contribution in [-0.4, -0.2) is 35.1 Å². The van der Waals surface area contributed by atoms with Gasteiger partial charge in [-0.25, -0.2) is 9.38 Å². The highest BCUT2D eigenvalue weighted by atomic mass is 32.2. The molecule has 1 N–H and O–H groups in total. The highest BCUT2D eigenvalue weighted by molar-refractivity contribution is 8.17. The van der Waals surface area contributed by atoms with E-state index >= 15 is 0 Å². The Morgan fingerprint density at radius 1 is 0.844 bits per heavy atom. The van der Waals surface area contributed by atoms with Crippen molar-refractivity contribution in [3.05, 3.63) is 46.1 Å². The highest BCUT2D eigenvalue weighted by Gasteiger charge is 2.77. The molecule has 1 aliphatic heterocycles. The van der Waals surface area contributed by atoms with E-state index in [4.69, 9.17) is 0 Å². The van der Waals surface area contributed by atoms with Crippen LogP contribution < -0.4 is 5.32 Å². The van der Waals surface area contributed by atoms with Crippen molar-refractivity contribution in [2.75, 3.05) is 0 Å². The molecule has 1 aromatic carbocycles. The lowest BCUT2D eigenvalue weighted by Gasteiger charge is -2.31. The Hall–Kier alpha value is -2.46. The molecule has 3 nitrogen and oxygen atoms in total. The van der Waals surface area contributed by atoms with Crippen molar-refractivity contribution in [3.63, 3.8) is 0 Å². The van der Waals surface area contributed by atoms with Crippen LogP contribution in [0.25, 0.3) is 0 Å². The van der Waals surface area contributed by atoms with Crippen LogP contribution in [0.1, 0.15) is 15.9 Å². The molecule has 2 rings (SSSR count). The molecule has 17 heteroatoms. The topological polar surface area (TPSA) is 41.5 Å². The number of alkyl halides is 12. The van der Waals surface area contributed by atoms with E-state index in [0.717, 1.165) is 0 Å². The molecular weight excluding hydrogens is 503 g/mol. The number of hydrogen-bond acceptors (Lipinski definition) is 3. The molecule has 1 aliphatic rings. The molecule has 0 spiro atoms. The molecule has 0 atom stereocenters. The minimum absolute atomic E-state index is 0.350. The van der Waals surface area contributed by atoms with Gasteiger partial charge in [-0.2, -0.15) is 52.7 Å². The van der Waals surface area contributed by atoms with E-state index in [0.29, 0.717) is 24.3 Å². The largest absolute Gasteiger partial charge is 0.443 e. The third-order valence-electron chi connectivity index (χ3n) is 3.76. The lowest BCUT2D eigenvalue weighted by atomic mass is 9.97. The summed E-state index contributed by atoms with van der Waals surface area (Å²) < 4.78 is 169. The van der Waals surface area contributed by atoms with E-state index in [1.54, 1.807) is 0 Å². The second kappa shape index (κ2) is 7.84. The van der Waals surface area contributed by atoms with Gasteiger partial charge in [-0.05, 0) is 24.3 Å². The predicted octanol–water partition coefficient (Wildman–Crippen LogP) is 6.14. The number of amides is 1. The van der Waals surface area contributed by atoms with Gasteiger partial charge < -0.3 is 5.32 Å². The summed E-state index contributed by atoms with van der Waals surface area (Å²) in [6.07, 6.45) is -24.3. The van der Waals surface area contributed by atoms with Gasteiger partial charge in [0.2, 0.25) is 5.83 Å². The molecule has 0 aromatic heterocycles. The van der Waals surface area contributed by atoms with Gasteiger partial charge in [-0.3, -0.25) is 4.79 Å². The van der Waals surface area contributed by atoms with Crippen LogP contribution in [0.3, 0.4) is 0 Å². The molecule has 32 heavy (non-hydrogen) atoms. The van der Waals surface area contributed by atoms with Crippen LogP contribution in [0.15, 0.2) is 40.0 Å². The first-order valence-electron chi connectivity index (χ1n) is 7.59. The average Bonchev–Trinajstić information content (AvgIpc) is 3.00. The zero-order valence-corrected chi connectivity index (χ0v) is 15.3. The maximum Gasteiger partial charge on any atom is 0.443 e. The smallest absolute Gasteiger partial charge is 0.301 e. The summed E-state index contributed by atoms with van der Waals surface area (Å²) in [4.78, 5) is 11.2. The fourth-order valence-electron chi connectivity index (χ4n) is 2.31. The molecule has 1 heterocycles.